The normalized spacial score (nSPS) is 11.4. The molecule has 0 aromatic heterocycles. The van der Waals surface area contributed by atoms with E-state index in [2.05, 4.69) is 313 Å². The van der Waals surface area contributed by atoms with Crippen LogP contribution in [-0.4, -0.2) is 17.2 Å². The zero-order chi connectivity index (χ0) is 61.7. The SMILES string of the molecule is Brc1ccc(-c2cccc3c2ccc2ccccc23)cc1.OB(O)c1c2ccccc2c(-c2cccc3ccccc23)c2ccccc12.c1ccc2c(-c3c4ccccc4c(-c4ccc(-c5cccc6c5ccc5ccccc56)cc4)c4ccccc34)cccc2c1. The molecule has 0 saturated heterocycles. The largest absolute Gasteiger partial charge is 0.489 e. The molecule has 18 aromatic carbocycles. The molecule has 2 N–H and O–H groups in total. The second kappa shape index (κ2) is 24.1. The molecule has 4 heteroatoms. The van der Waals surface area contributed by atoms with Gasteiger partial charge in [-0.2, -0.15) is 0 Å². The van der Waals surface area contributed by atoms with Crippen molar-refractivity contribution in [2.75, 3.05) is 0 Å². The van der Waals surface area contributed by atoms with Crippen LogP contribution in [0.15, 0.2) is 344 Å². The van der Waals surface area contributed by atoms with E-state index in [1.54, 1.807) is 0 Å². The van der Waals surface area contributed by atoms with Gasteiger partial charge in [0.25, 0.3) is 0 Å². The van der Waals surface area contributed by atoms with Crippen LogP contribution in [0, 0.1) is 0 Å². The van der Waals surface area contributed by atoms with Crippen LogP contribution in [0.3, 0.4) is 0 Å². The molecule has 0 fully saturated rings. The second-order valence-electron chi connectivity index (χ2n) is 23.6. The minimum atomic E-state index is -1.53. The standard InChI is InChI=1S/C44H28.C24H17BO2.C20H13Br/c1-4-15-35-29(11-1)13-9-22-38(35)44-41-18-7-5-16-39(41)43(40-17-6-8-19-42(40)44)32-25-23-31(24-26-32)34-20-10-21-36-33-14-3-2-12-30(33)27-28-37(34)36;26-25(27)24-21-13-5-3-11-19(21)23(20-12-4-6-14-22(20)24)18-15-7-9-16-8-1-2-10-17(16)18;21-16-11-8-15(9-12-16)18-6-3-7-19-17-5-2-1-4-14(17)10-13-20(18)19/h1-28H;1-15,26-27H;1-13H. The second-order valence-corrected chi connectivity index (χ2v) is 24.5. The highest BCUT2D eigenvalue weighted by molar-refractivity contribution is 9.10. The number of hydrogen-bond donors (Lipinski definition) is 2. The van der Waals surface area contributed by atoms with Gasteiger partial charge in [-0.1, -0.05) is 344 Å². The Labute approximate surface area is 542 Å². The van der Waals surface area contributed by atoms with Gasteiger partial charge >= 0.3 is 7.12 Å². The van der Waals surface area contributed by atoms with Gasteiger partial charge in [0.05, 0.1) is 0 Å². The van der Waals surface area contributed by atoms with Crippen LogP contribution in [0.4, 0.5) is 0 Å². The third-order valence-corrected chi connectivity index (χ3v) is 19.0. The van der Waals surface area contributed by atoms with Crippen LogP contribution >= 0.6 is 15.9 Å². The number of fused-ring (bicyclic) bond motifs is 12. The fourth-order valence-corrected chi connectivity index (χ4v) is 14.6. The molecule has 0 aliphatic rings. The molecule has 2 nitrogen and oxygen atoms in total. The molecule has 18 aromatic rings. The molecule has 0 aliphatic carbocycles. The first kappa shape index (κ1) is 56.3. The van der Waals surface area contributed by atoms with E-state index in [4.69, 9.17) is 0 Å². The van der Waals surface area contributed by atoms with E-state index in [1.807, 2.05) is 42.5 Å². The van der Waals surface area contributed by atoms with Gasteiger partial charge < -0.3 is 10.0 Å². The predicted molar refractivity (Wildman–Crippen MR) is 399 cm³/mol. The number of benzene rings is 18. The maximum absolute atomic E-state index is 10.1. The quantitative estimate of drug-likeness (QED) is 0.0990. The maximum atomic E-state index is 10.1. The Kier molecular flexibility index (Phi) is 14.7. The molecular formula is C88H58BBrO2. The van der Waals surface area contributed by atoms with E-state index in [0.29, 0.717) is 5.46 Å². The number of halogens is 1. The van der Waals surface area contributed by atoms with Crippen molar-refractivity contribution in [3.63, 3.8) is 0 Å². The van der Waals surface area contributed by atoms with E-state index < -0.39 is 7.12 Å². The Hall–Kier alpha value is -11.0. The fraction of sp³-hybridized carbons (Fsp3) is 0. The van der Waals surface area contributed by atoms with Crippen molar-refractivity contribution in [1.29, 1.82) is 0 Å². The lowest BCUT2D eigenvalue weighted by molar-refractivity contribution is 0.426. The predicted octanol–water partition coefficient (Wildman–Crippen LogP) is 23.4. The van der Waals surface area contributed by atoms with Crippen LogP contribution < -0.4 is 5.46 Å². The smallest absolute Gasteiger partial charge is 0.423 e. The first-order valence-electron chi connectivity index (χ1n) is 31.3. The Morgan fingerprint density at radius 1 is 0.185 bits per heavy atom. The minimum absolute atomic E-state index is 0.560. The van der Waals surface area contributed by atoms with Crippen molar-refractivity contribution >= 4 is 136 Å². The summed E-state index contributed by atoms with van der Waals surface area (Å²) in [6.07, 6.45) is 0. The first-order valence-corrected chi connectivity index (χ1v) is 32.1. The van der Waals surface area contributed by atoms with Crippen LogP contribution in [-0.2, 0) is 0 Å². The van der Waals surface area contributed by atoms with Gasteiger partial charge in [0, 0.05) is 4.47 Å². The van der Waals surface area contributed by atoms with Crippen molar-refractivity contribution < 1.29 is 10.0 Å². The Morgan fingerprint density at radius 2 is 0.457 bits per heavy atom. The summed E-state index contributed by atoms with van der Waals surface area (Å²) in [6.45, 7) is 0. The molecule has 0 saturated carbocycles. The third-order valence-electron chi connectivity index (χ3n) is 18.5. The Morgan fingerprint density at radius 3 is 0.859 bits per heavy atom. The highest BCUT2D eigenvalue weighted by Crippen LogP contribution is 2.47. The van der Waals surface area contributed by atoms with E-state index in [-0.39, 0.29) is 0 Å². The fourth-order valence-electron chi connectivity index (χ4n) is 14.4. The van der Waals surface area contributed by atoms with Gasteiger partial charge in [0.1, 0.15) is 0 Å². The highest BCUT2D eigenvalue weighted by atomic mass is 79.9. The van der Waals surface area contributed by atoms with Gasteiger partial charge in [-0.05, 0) is 181 Å². The topological polar surface area (TPSA) is 40.5 Å². The van der Waals surface area contributed by atoms with Crippen LogP contribution in [0.2, 0.25) is 0 Å². The maximum Gasteiger partial charge on any atom is 0.489 e. The van der Waals surface area contributed by atoms with E-state index in [0.717, 1.165) is 37.1 Å². The zero-order valence-electron chi connectivity index (χ0n) is 50.2. The summed E-state index contributed by atoms with van der Waals surface area (Å²) in [6, 6.07) is 121. The summed E-state index contributed by atoms with van der Waals surface area (Å²) in [4.78, 5) is 0. The van der Waals surface area contributed by atoms with Gasteiger partial charge in [-0.15, -0.1) is 0 Å². The van der Waals surface area contributed by atoms with Crippen LogP contribution in [0.5, 0.6) is 0 Å². The average Bonchev–Trinajstić information content (AvgIpc) is 0.762. The van der Waals surface area contributed by atoms with Gasteiger partial charge in [0.15, 0.2) is 0 Å². The van der Waals surface area contributed by atoms with E-state index >= 15 is 0 Å². The summed E-state index contributed by atoms with van der Waals surface area (Å²) in [7, 11) is -1.53. The van der Waals surface area contributed by atoms with E-state index in [9.17, 15) is 10.0 Å². The van der Waals surface area contributed by atoms with Gasteiger partial charge in [0.2, 0.25) is 0 Å². The van der Waals surface area contributed by atoms with Crippen molar-refractivity contribution in [3.05, 3.63) is 344 Å². The lowest BCUT2D eigenvalue weighted by Crippen LogP contribution is -2.31. The minimum Gasteiger partial charge on any atom is -0.423 e. The van der Waals surface area contributed by atoms with E-state index in [1.165, 1.54) is 131 Å². The Bertz CT molecular complexity index is 5750. The van der Waals surface area contributed by atoms with Crippen molar-refractivity contribution in [3.8, 4) is 55.6 Å². The molecule has 0 unspecified atom stereocenters. The lowest BCUT2D eigenvalue weighted by Gasteiger charge is -2.19. The number of rotatable bonds is 6. The van der Waals surface area contributed by atoms with Crippen LogP contribution in [0.25, 0.3) is 163 Å². The molecule has 432 valence electrons. The highest BCUT2D eigenvalue weighted by Gasteiger charge is 2.23. The molecule has 0 spiro atoms. The molecule has 0 aliphatic heterocycles. The average molecular weight is 1240 g/mol. The monoisotopic (exact) mass is 1240 g/mol. The summed E-state index contributed by atoms with van der Waals surface area (Å²) in [5.74, 6) is 0. The van der Waals surface area contributed by atoms with Crippen molar-refractivity contribution in [1.82, 2.24) is 0 Å². The summed E-state index contributed by atoms with van der Waals surface area (Å²) in [5.41, 5.74) is 13.0. The van der Waals surface area contributed by atoms with Crippen molar-refractivity contribution in [2.45, 2.75) is 0 Å². The van der Waals surface area contributed by atoms with Gasteiger partial charge in [-0.25, -0.2) is 0 Å². The molecule has 0 radical (unpaired) electrons. The third kappa shape index (κ3) is 10.0. The summed E-state index contributed by atoms with van der Waals surface area (Å²) in [5, 5.41) is 44.4. The molecule has 0 amide bonds. The molecule has 18 rings (SSSR count). The zero-order valence-corrected chi connectivity index (χ0v) is 51.8. The summed E-state index contributed by atoms with van der Waals surface area (Å²) < 4.78 is 1.11. The summed E-state index contributed by atoms with van der Waals surface area (Å²) >= 11 is 3.50. The molecule has 92 heavy (non-hydrogen) atoms. The molecule has 0 bridgehead atoms. The number of hydrogen-bond acceptors (Lipinski definition) is 2. The first-order chi connectivity index (χ1) is 45.4. The lowest BCUT2D eigenvalue weighted by atomic mass is 9.72. The van der Waals surface area contributed by atoms with Crippen molar-refractivity contribution in [2.24, 2.45) is 0 Å². The molecule has 0 heterocycles. The molecule has 0 atom stereocenters. The molecular weight excluding hydrogens is 1180 g/mol. The van der Waals surface area contributed by atoms with Crippen LogP contribution in [0.1, 0.15) is 0 Å². The Balaban J connectivity index is 0.000000119. The van der Waals surface area contributed by atoms with Gasteiger partial charge in [-0.3, -0.25) is 0 Å².